The zero-order chi connectivity index (χ0) is 87.5. The van der Waals surface area contributed by atoms with E-state index in [-0.39, 0.29) is 0 Å². The van der Waals surface area contributed by atoms with E-state index in [1.165, 1.54) is 43.8 Å². The molecule has 0 spiro atoms. The van der Waals surface area contributed by atoms with Gasteiger partial charge in [-0.25, -0.2) is 0 Å². The van der Waals surface area contributed by atoms with E-state index < -0.39 is 0 Å². The first-order chi connectivity index (χ1) is 66.4. The molecule has 2 aliphatic heterocycles. The second kappa shape index (κ2) is 28.8. The maximum Gasteiger partial charge on any atom is 0.159 e. The molecule has 0 atom stereocenters. The molecule has 0 saturated carbocycles. The number of rotatable bonds is 12. The van der Waals surface area contributed by atoms with Gasteiger partial charge in [-0.2, -0.15) is 0 Å². The highest BCUT2D eigenvalue weighted by Gasteiger charge is 2.33. The van der Waals surface area contributed by atoms with Gasteiger partial charge in [0.05, 0.1) is 44.8 Å². The van der Waals surface area contributed by atoms with Gasteiger partial charge < -0.3 is 36.6 Å². The highest BCUT2D eigenvalue weighted by Crippen LogP contribution is 2.56. The first-order valence-corrected chi connectivity index (χ1v) is 45.8. The van der Waals surface area contributed by atoms with Gasteiger partial charge in [-0.05, 0) is 223 Å². The molecule has 0 unspecified atom stereocenters. The Hall–Kier alpha value is -18.0. The topological polar surface area (TPSA) is 68.9 Å². The Morgan fingerprint density at radius 3 is 1.01 bits per heavy atom. The Morgan fingerprint density at radius 1 is 0.164 bits per heavy atom. The zero-order valence-corrected chi connectivity index (χ0v) is 72.1. The van der Waals surface area contributed by atoms with Gasteiger partial charge in [-0.1, -0.05) is 303 Å². The molecule has 0 N–H and O–H groups in total. The number of aromatic nitrogens is 2. The molecule has 27 aromatic rings. The Labute approximate surface area is 768 Å². The molecular formula is C126H74N4O4. The maximum absolute atomic E-state index is 7.35. The van der Waals surface area contributed by atoms with E-state index in [9.17, 15) is 0 Å². The molecule has 0 fully saturated rings. The molecule has 0 bridgehead atoms. The largest absolute Gasteiger partial charge is 0.455 e. The van der Waals surface area contributed by atoms with E-state index in [1.807, 2.05) is 0 Å². The average molecular weight is 1710 g/mol. The molecule has 0 aliphatic carbocycles. The number of furan rings is 4. The molecule has 2 aliphatic rings. The van der Waals surface area contributed by atoms with E-state index in [2.05, 4.69) is 468 Å². The molecule has 8 nitrogen and oxygen atoms in total. The van der Waals surface area contributed by atoms with Gasteiger partial charge in [-0.15, -0.1) is 0 Å². The van der Waals surface area contributed by atoms with Gasteiger partial charge in [0.1, 0.15) is 33.5 Å². The van der Waals surface area contributed by atoms with Crippen molar-refractivity contribution >= 4 is 165 Å². The Balaban J connectivity index is 0.526. The number of benzene rings is 21. The van der Waals surface area contributed by atoms with Gasteiger partial charge in [0.15, 0.2) is 11.2 Å². The summed E-state index contributed by atoms with van der Waals surface area (Å²) in [5.41, 5.74) is 42.1. The monoisotopic (exact) mass is 1710 g/mol. The number of fused-ring (bicyclic) bond motifs is 30. The quantitative estimate of drug-likeness (QED) is 0.121. The minimum absolute atomic E-state index is 0.784. The molecule has 8 heteroatoms. The molecule has 622 valence electrons. The third kappa shape index (κ3) is 11.1. The number of anilines is 6. The fraction of sp³-hybridized carbons (Fsp3) is 0. The van der Waals surface area contributed by atoms with Crippen LogP contribution in [0.1, 0.15) is 0 Å². The van der Waals surface area contributed by atoms with E-state index >= 15 is 0 Å². The van der Waals surface area contributed by atoms with Crippen molar-refractivity contribution in [3.63, 3.8) is 0 Å². The number of nitrogens with zero attached hydrogens (tertiary/aromatic N) is 4. The Morgan fingerprint density at radius 2 is 0.485 bits per heavy atom. The molecule has 0 saturated heterocycles. The van der Waals surface area contributed by atoms with Crippen molar-refractivity contribution in [2.75, 3.05) is 9.80 Å². The summed E-state index contributed by atoms with van der Waals surface area (Å²) in [6.07, 6.45) is 0. The van der Waals surface area contributed by atoms with Crippen LogP contribution < -0.4 is 9.80 Å². The molecule has 134 heavy (non-hydrogen) atoms. The van der Waals surface area contributed by atoms with E-state index in [0.717, 1.165) is 244 Å². The van der Waals surface area contributed by atoms with E-state index in [1.54, 1.807) is 0 Å². The minimum atomic E-state index is 0.784. The van der Waals surface area contributed by atoms with Crippen molar-refractivity contribution in [2.45, 2.75) is 0 Å². The normalized spacial score (nSPS) is 12.2. The molecule has 29 rings (SSSR count). The van der Waals surface area contributed by atoms with Crippen LogP contribution in [0.3, 0.4) is 0 Å². The molecule has 0 amide bonds. The fourth-order valence-corrected chi connectivity index (χ4v) is 22.2. The predicted molar refractivity (Wildman–Crippen MR) is 555 cm³/mol. The van der Waals surface area contributed by atoms with Crippen molar-refractivity contribution in [3.8, 4) is 123 Å². The number of hydrogen-bond donors (Lipinski definition) is 0. The molecular weight excluding hydrogens is 1630 g/mol. The summed E-state index contributed by atoms with van der Waals surface area (Å²) < 4.78 is 33.3. The summed E-state index contributed by atoms with van der Waals surface area (Å²) in [4.78, 5) is 4.71. The Kier molecular flexibility index (Phi) is 15.9. The summed E-state index contributed by atoms with van der Waals surface area (Å²) in [6, 6.07) is 163. The van der Waals surface area contributed by atoms with Crippen LogP contribution in [0, 0.1) is 0 Å². The van der Waals surface area contributed by atoms with Gasteiger partial charge in [-0.3, -0.25) is 0 Å². The first kappa shape index (κ1) is 74.0. The highest BCUT2D eigenvalue weighted by molar-refractivity contribution is 6.25. The second-order valence-corrected chi connectivity index (χ2v) is 35.6. The summed E-state index contributed by atoms with van der Waals surface area (Å²) in [5, 5.41) is 13.3. The highest BCUT2D eigenvalue weighted by atomic mass is 16.3. The van der Waals surface area contributed by atoms with Crippen LogP contribution in [0.4, 0.5) is 34.1 Å². The lowest BCUT2D eigenvalue weighted by Crippen LogP contribution is -2.10. The van der Waals surface area contributed by atoms with Gasteiger partial charge in [0.2, 0.25) is 0 Å². The van der Waals surface area contributed by atoms with Crippen molar-refractivity contribution in [1.29, 1.82) is 0 Å². The number of hydrogen-bond acceptors (Lipinski definition) is 6. The number of para-hydroxylation sites is 8. The van der Waals surface area contributed by atoms with Crippen LogP contribution >= 0.6 is 0 Å². The SMILES string of the molecule is c1ccc(-c2ccc(-c3ccc(N(c4ccc(-c5ccc6c(c5)c5cccc7c5n6-c5ccccc5-c5ccc6c(oc8ccccc86)c5-7)cc4)c4cccc5c4oc4ccc(-c6ccc7c(c6)oc6c(N(c8ccc(-c9ccccc9)cc8)c8cccc(-c9ccc%10c(c9)c9cccc%11c9n%10-c9ccccc9-c9ccc%10c(oc%12ccccc%12%10)c9-%11)c8)cccc67)cc45)cc3)cc2)cc1. The lowest BCUT2D eigenvalue weighted by molar-refractivity contribution is 0.669. The van der Waals surface area contributed by atoms with Gasteiger partial charge in [0, 0.05) is 121 Å². The molecule has 21 aromatic carbocycles. The van der Waals surface area contributed by atoms with E-state index in [4.69, 9.17) is 17.7 Å². The van der Waals surface area contributed by atoms with Crippen molar-refractivity contribution < 1.29 is 17.7 Å². The standard InChI is InChI=1S/C126H74N4O4/c1-3-20-75(21-4-1)77-42-44-78(45-43-77)80-48-56-87(57-49-80)127(88-60-50-81(51-61-88)83-53-67-111-106(71-83)98-30-16-34-104-119-96(91-26-7-11-36-109(91)129(111)121(98)104)63-65-102-93-28-9-13-40-115(93)132-125(102)119)113-38-19-33-101-108-73-85(55-69-117(108)131-124(101)113)86-52-62-95-100-32-18-39-114(123(100)134-118(95)74-86)128(89-58-46-79(47-59-89)76-22-5-2-6-23-76)90-25-15-24-82(70-90)84-54-68-112-107(72-84)99-31-17-35-105-120-97(92-27-8-12-37-110(92)130(112)122(99)105)64-66-103-94-29-10-14-41-116(94)133-126(103)120/h1-74H. The summed E-state index contributed by atoms with van der Waals surface area (Å²) >= 11 is 0. The molecule has 6 aromatic heterocycles. The fourth-order valence-electron chi connectivity index (χ4n) is 22.2. The minimum Gasteiger partial charge on any atom is -0.455 e. The van der Waals surface area contributed by atoms with Crippen molar-refractivity contribution in [1.82, 2.24) is 9.13 Å². The van der Waals surface area contributed by atoms with Crippen LogP contribution in [0.2, 0.25) is 0 Å². The summed E-state index contributed by atoms with van der Waals surface area (Å²) in [6.45, 7) is 0. The van der Waals surface area contributed by atoms with Crippen LogP contribution in [0.15, 0.2) is 467 Å². The lowest BCUT2D eigenvalue weighted by Gasteiger charge is -2.26. The smallest absolute Gasteiger partial charge is 0.159 e. The van der Waals surface area contributed by atoms with Crippen molar-refractivity contribution in [3.05, 3.63) is 449 Å². The zero-order valence-electron chi connectivity index (χ0n) is 72.1. The van der Waals surface area contributed by atoms with Crippen molar-refractivity contribution in [2.24, 2.45) is 0 Å². The van der Waals surface area contributed by atoms with Crippen LogP contribution in [-0.4, -0.2) is 9.13 Å². The van der Waals surface area contributed by atoms with E-state index in [0.29, 0.717) is 0 Å². The summed E-state index contributed by atoms with van der Waals surface area (Å²) in [7, 11) is 0. The third-order valence-corrected chi connectivity index (χ3v) is 28.4. The third-order valence-electron chi connectivity index (χ3n) is 28.4. The molecule has 8 heterocycles. The van der Waals surface area contributed by atoms with Gasteiger partial charge >= 0.3 is 0 Å². The van der Waals surface area contributed by atoms with Gasteiger partial charge in [0.25, 0.3) is 0 Å². The lowest BCUT2D eigenvalue weighted by atomic mass is 9.91. The summed E-state index contributed by atoms with van der Waals surface area (Å²) in [5.74, 6) is 0. The van der Waals surface area contributed by atoms with Crippen LogP contribution in [0.25, 0.3) is 254 Å². The predicted octanol–water partition coefficient (Wildman–Crippen LogP) is 35.7. The first-order valence-electron chi connectivity index (χ1n) is 45.8. The van der Waals surface area contributed by atoms with Crippen LogP contribution in [-0.2, 0) is 0 Å². The second-order valence-electron chi connectivity index (χ2n) is 35.6. The Bertz CT molecular complexity index is 9620. The molecule has 0 radical (unpaired) electrons. The average Bonchev–Trinajstić information content (AvgIpc) is 1.54. The maximum atomic E-state index is 7.35. The van der Waals surface area contributed by atoms with Crippen LogP contribution in [0.5, 0.6) is 0 Å².